The Morgan fingerprint density at radius 3 is 3.17 bits per heavy atom. The van der Waals surface area contributed by atoms with Crippen molar-refractivity contribution in [1.82, 2.24) is 19.8 Å². The van der Waals surface area contributed by atoms with Crippen molar-refractivity contribution in [2.24, 2.45) is 0 Å². The molecule has 5 heteroatoms. The summed E-state index contributed by atoms with van der Waals surface area (Å²) in [7, 11) is 0. The van der Waals surface area contributed by atoms with Crippen molar-refractivity contribution < 1.29 is 4.52 Å². The van der Waals surface area contributed by atoms with Gasteiger partial charge in [-0.3, -0.25) is 9.58 Å². The maximum Gasteiger partial charge on any atom is 0.133 e. The highest BCUT2D eigenvalue weighted by molar-refractivity contribution is 5.04. The van der Waals surface area contributed by atoms with Gasteiger partial charge in [0.1, 0.15) is 5.76 Å². The minimum Gasteiger partial charge on any atom is -0.361 e. The monoisotopic (exact) mass is 246 g/mol. The van der Waals surface area contributed by atoms with Crippen LogP contribution in [0.4, 0.5) is 0 Å². The van der Waals surface area contributed by atoms with Crippen molar-refractivity contribution in [3.05, 3.63) is 36.0 Å². The lowest BCUT2D eigenvalue weighted by Gasteiger charge is -2.23. The van der Waals surface area contributed by atoms with Crippen LogP contribution < -0.4 is 0 Å². The summed E-state index contributed by atoms with van der Waals surface area (Å²) in [6.07, 6.45) is 6.34. The Hall–Kier alpha value is -1.62. The second-order valence-corrected chi connectivity index (χ2v) is 4.92. The quantitative estimate of drug-likeness (QED) is 0.826. The Labute approximate surface area is 106 Å². The Morgan fingerprint density at radius 1 is 1.50 bits per heavy atom. The van der Waals surface area contributed by atoms with Crippen LogP contribution in [0.3, 0.4) is 0 Å². The van der Waals surface area contributed by atoms with Gasteiger partial charge in [0.05, 0.1) is 12.2 Å². The zero-order valence-electron chi connectivity index (χ0n) is 10.6. The average Bonchev–Trinajstić information content (AvgIpc) is 3.05. The molecule has 0 aliphatic carbocycles. The van der Waals surface area contributed by atoms with Crippen molar-refractivity contribution in [3.8, 4) is 0 Å². The summed E-state index contributed by atoms with van der Waals surface area (Å²) in [5, 5.41) is 8.35. The third kappa shape index (κ3) is 2.46. The van der Waals surface area contributed by atoms with Gasteiger partial charge in [0, 0.05) is 31.0 Å². The minimum atomic E-state index is 0.557. The van der Waals surface area contributed by atoms with Gasteiger partial charge >= 0.3 is 0 Å². The predicted molar refractivity (Wildman–Crippen MR) is 66.9 cm³/mol. The Morgan fingerprint density at radius 2 is 2.44 bits per heavy atom. The fraction of sp³-hybridized carbons (Fsp3) is 0.538. The first-order chi connectivity index (χ1) is 8.81. The van der Waals surface area contributed by atoms with Crippen molar-refractivity contribution in [1.29, 1.82) is 0 Å². The van der Waals surface area contributed by atoms with Crippen LogP contribution in [0, 0.1) is 6.92 Å². The molecule has 5 nitrogen and oxygen atoms in total. The lowest BCUT2D eigenvalue weighted by molar-refractivity contribution is 0.213. The van der Waals surface area contributed by atoms with Gasteiger partial charge in [0.15, 0.2) is 0 Å². The lowest BCUT2D eigenvalue weighted by Crippen LogP contribution is -2.32. The van der Waals surface area contributed by atoms with E-state index in [1.165, 1.54) is 12.8 Å². The predicted octanol–water partition coefficient (Wildman–Crippen LogP) is 1.84. The molecule has 1 aliphatic heterocycles. The van der Waals surface area contributed by atoms with E-state index in [-0.39, 0.29) is 0 Å². The van der Waals surface area contributed by atoms with Crippen LogP contribution in [-0.2, 0) is 13.1 Å². The summed E-state index contributed by atoms with van der Waals surface area (Å²) >= 11 is 0. The smallest absolute Gasteiger partial charge is 0.133 e. The van der Waals surface area contributed by atoms with Gasteiger partial charge in [-0.15, -0.1) is 0 Å². The molecule has 2 aromatic rings. The highest BCUT2D eigenvalue weighted by Gasteiger charge is 2.25. The Kier molecular flexibility index (Phi) is 3.15. The van der Waals surface area contributed by atoms with Gasteiger partial charge in [-0.05, 0) is 32.4 Å². The maximum absolute atomic E-state index is 5.12. The molecule has 0 aromatic carbocycles. The largest absolute Gasteiger partial charge is 0.361 e. The fourth-order valence-electron chi connectivity index (χ4n) is 2.63. The number of aryl methyl sites for hydroxylation is 1. The molecule has 0 radical (unpaired) electrons. The van der Waals surface area contributed by atoms with E-state index in [0.717, 1.165) is 31.1 Å². The van der Waals surface area contributed by atoms with Crippen molar-refractivity contribution >= 4 is 0 Å². The van der Waals surface area contributed by atoms with Gasteiger partial charge < -0.3 is 4.52 Å². The van der Waals surface area contributed by atoms with Crippen LogP contribution >= 0.6 is 0 Å². The van der Waals surface area contributed by atoms with E-state index in [1.807, 2.05) is 36.1 Å². The van der Waals surface area contributed by atoms with Crippen LogP contribution in [0.1, 0.15) is 24.3 Å². The molecule has 96 valence electrons. The number of rotatable bonds is 4. The highest BCUT2D eigenvalue weighted by atomic mass is 16.5. The topological polar surface area (TPSA) is 47.1 Å². The van der Waals surface area contributed by atoms with Crippen molar-refractivity contribution in [2.45, 2.75) is 38.9 Å². The number of likely N-dealkylation sites (tertiary alicyclic amines) is 1. The molecular formula is C13H18N4O. The van der Waals surface area contributed by atoms with Crippen molar-refractivity contribution in [2.75, 3.05) is 6.54 Å². The Bertz CT molecular complexity index is 491. The second-order valence-electron chi connectivity index (χ2n) is 4.92. The second kappa shape index (κ2) is 4.94. The molecule has 0 N–H and O–H groups in total. The summed E-state index contributed by atoms with van der Waals surface area (Å²) in [4.78, 5) is 2.47. The summed E-state index contributed by atoms with van der Waals surface area (Å²) in [5.41, 5.74) is 1.03. The van der Waals surface area contributed by atoms with E-state index in [4.69, 9.17) is 4.52 Å². The average molecular weight is 246 g/mol. The fourth-order valence-corrected chi connectivity index (χ4v) is 2.63. The highest BCUT2D eigenvalue weighted by Crippen LogP contribution is 2.21. The summed E-state index contributed by atoms with van der Waals surface area (Å²) < 4.78 is 7.13. The first-order valence-corrected chi connectivity index (χ1v) is 6.45. The molecule has 18 heavy (non-hydrogen) atoms. The van der Waals surface area contributed by atoms with E-state index >= 15 is 0 Å². The number of aromatic nitrogens is 3. The third-order valence-corrected chi connectivity index (χ3v) is 3.50. The van der Waals surface area contributed by atoms with E-state index in [2.05, 4.69) is 15.2 Å². The van der Waals surface area contributed by atoms with Gasteiger partial charge in [0.25, 0.3) is 0 Å². The number of hydrogen-bond acceptors (Lipinski definition) is 4. The van der Waals surface area contributed by atoms with Gasteiger partial charge in [-0.25, -0.2) is 0 Å². The van der Waals surface area contributed by atoms with Crippen LogP contribution in [0.15, 0.2) is 29.0 Å². The molecule has 1 saturated heterocycles. The normalized spacial score (nSPS) is 20.6. The number of hydrogen-bond donors (Lipinski definition) is 0. The van der Waals surface area contributed by atoms with Crippen LogP contribution in [0.5, 0.6) is 0 Å². The molecular weight excluding hydrogens is 228 g/mol. The molecule has 0 saturated carbocycles. The van der Waals surface area contributed by atoms with Gasteiger partial charge in [0.2, 0.25) is 0 Å². The van der Waals surface area contributed by atoms with E-state index in [9.17, 15) is 0 Å². The molecule has 0 amide bonds. The van der Waals surface area contributed by atoms with Crippen LogP contribution in [0.2, 0.25) is 0 Å². The standard InChI is InChI=1S/C13H18N4O/c1-11-8-12(15-18-11)9-16-6-2-4-13(16)10-17-7-3-5-14-17/h3,5,7-8,13H,2,4,6,9-10H2,1H3. The van der Waals surface area contributed by atoms with Crippen molar-refractivity contribution in [3.63, 3.8) is 0 Å². The zero-order valence-corrected chi connectivity index (χ0v) is 10.6. The molecule has 1 atom stereocenters. The summed E-state index contributed by atoms with van der Waals surface area (Å²) in [6, 6.07) is 4.55. The van der Waals surface area contributed by atoms with E-state index in [1.54, 1.807) is 0 Å². The van der Waals surface area contributed by atoms with Gasteiger partial charge in [-0.2, -0.15) is 5.10 Å². The SMILES string of the molecule is Cc1cc(CN2CCCC2Cn2cccn2)no1. The van der Waals surface area contributed by atoms with E-state index in [0.29, 0.717) is 6.04 Å². The molecule has 1 fully saturated rings. The molecule has 0 bridgehead atoms. The lowest BCUT2D eigenvalue weighted by atomic mass is 10.2. The van der Waals surface area contributed by atoms with Gasteiger partial charge in [-0.1, -0.05) is 5.16 Å². The minimum absolute atomic E-state index is 0.557. The van der Waals surface area contributed by atoms with Crippen LogP contribution in [-0.4, -0.2) is 32.4 Å². The number of nitrogens with zero attached hydrogens (tertiary/aromatic N) is 4. The first kappa shape index (κ1) is 11.5. The first-order valence-electron chi connectivity index (χ1n) is 6.45. The molecule has 1 aliphatic rings. The van der Waals surface area contributed by atoms with E-state index < -0.39 is 0 Å². The molecule has 2 aromatic heterocycles. The molecule has 0 spiro atoms. The molecule has 3 heterocycles. The third-order valence-electron chi connectivity index (χ3n) is 3.50. The zero-order chi connectivity index (χ0) is 12.4. The summed E-state index contributed by atoms with van der Waals surface area (Å²) in [6.45, 7) is 4.91. The molecule has 1 unspecified atom stereocenters. The maximum atomic E-state index is 5.12. The van der Waals surface area contributed by atoms with Crippen LogP contribution in [0.25, 0.3) is 0 Å². The summed E-state index contributed by atoms with van der Waals surface area (Å²) in [5.74, 6) is 0.882. The Balaban J connectivity index is 1.64. The molecule has 3 rings (SSSR count).